The van der Waals surface area contributed by atoms with E-state index in [2.05, 4.69) is 5.32 Å². The van der Waals surface area contributed by atoms with Crippen LogP contribution >= 0.6 is 0 Å². The zero-order valence-corrected chi connectivity index (χ0v) is 10.9. The van der Waals surface area contributed by atoms with Crippen LogP contribution in [0.3, 0.4) is 0 Å². The van der Waals surface area contributed by atoms with Crippen LogP contribution in [0.1, 0.15) is 5.56 Å². The molecule has 102 valence electrons. The van der Waals surface area contributed by atoms with Gasteiger partial charge >= 0.3 is 6.09 Å². The number of carbonyl (C=O) groups is 2. The van der Waals surface area contributed by atoms with Crippen molar-refractivity contribution >= 4 is 17.7 Å². The second-order valence-corrected chi connectivity index (χ2v) is 4.29. The zero-order chi connectivity index (χ0) is 13.8. The summed E-state index contributed by atoms with van der Waals surface area (Å²) < 4.78 is 9.94. The summed E-state index contributed by atoms with van der Waals surface area (Å²) in [7, 11) is 1.54. The van der Waals surface area contributed by atoms with Gasteiger partial charge in [-0.25, -0.2) is 4.79 Å². The maximum absolute atomic E-state index is 11.9. The van der Waals surface area contributed by atoms with E-state index in [1.807, 2.05) is 19.1 Å². The van der Waals surface area contributed by atoms with Gasteiger partial charge in [-0.1, -0.05) is 6.07 Å². The van der Waals surface area contributed by atoms with Crippen LogP contribution in [0, 0.1) is 6.92 Å². The molecule has 0 aliphatic carbocycles. The summed E-state index contributed by atoms with van der Waals surface area (Å²) in [6.45, 7) is 2.68. The monoisotopic (exact) mass is 264 g/mol. The minimum atomic E-state index is -0.452. The van der Waals surface area contributed by atoms with Gasteiger partial charge < -0.3 is 14.8 Å². The predicted molar refractivity (Wildman–Crippen MR) is 69.3 cm³/mol. The highest BCUT2D eigenvalue weighted by Crippen LogP contribution is 2.25. The van der Waals surface area contributed by atoms with Gasteiger partial charge in [0.2, 0.25) is 5.91 Å². The van der Waals surface area contributed by atoms with Gasteiger partial charge in [-0.05, 0) is 24.6 Å². The topological polar surface area (TPSA) is 67.9 Å². The fourth-order valence-corrected chi connectivity index (χ4v) is 1.85. The quantitative estimate of drug-likeness (QED) is 0.892. The van der Waals surface area contributed by atoms with Crippen LogP contribution in [0.15, 0.2) is 18.2 Å². The van der Waals surface area contributed by atoms with Gasteiger partial charge in [0, 0.05) is 0 Å². The minimum absolute atomic E-state index is 0.0179. The van der Waals surface area contributed by atoms with E-state index >= 15 is 0 Å². The third kappa shape index (κ3) is 3.15. The van der Waals surface area contributed by atoms with Gasteiger partial charge in [0.15, 0.2) is 0 Å². The number of hydrogen-bond acceptors (Lipinski definition) is 4. The summed E-state index contributed by atoms with van der Waals surface area (Å²) in [4.78, 5) is 24.5. The molecule has 2 amide bonds. The number of nitrogens with zero attached hydrogens (tertiary/aromatic N) is 1. The van der Waals surface area contributed by atoms with Crippen LogP contribution in [-0.4, -0.2) is 43.7 Å². The number of amides is 2. The molecule has 19 heavy (non-hydrogen) atoms. The van der Waals surface area contributed by atoms with Gasteiger partial charge in [0.05, 0.1) is 19.3 Å². The molecule has 6 heteroatoms. The first-order chi connectivity index (χ1) is 9.10. The lowest BCUT2D eigenvalue weighted by molar-refractivity contribution is -0.116. The molecule has 1 heterocycles. The number of hydrogen-bond donors (Lipinski definition) is 1. The summed E-state index contributed by atoms with van der Waals surface area (Å²) in [6, 6.07) is 5.50. The van der Waals surface area contributed by atoms with E-state index in [1.54, 1.807) is 6.07 Å². The Hall–Kier alpha value is -2.24. The van der Waals surface area contributed by atoms with E-state index in [0.29, 0.717) is 24.6 Å². The molecule has 0 aromatic heterocycles. The first-order valence-corrected chi connectivity index (χ1v) is 5.96. The summed E-state index contributed by atoms with van der Waals surface area (Å²) in [6.07, 6.45) is -0.452. The number of aryl methyl sites for hydroxylation is 1. The van der Waals surface area contributed by atoms with Crippen LogP contribution < -0.4 is 10.1 Å². The van der Waals surface area contributed by atoms with Crippen molar-refractivity contribution in [1.29, 1.82) is 0 Å². The van der Waals surface area contributed by atoms with Crippen molar-refractivity contribution in [2.24, 2.45) is 0 Å². The maximum atomic E-state index is 11.9. The van der Waals surface area contributed by atoms with E-state index in [0.717, 1.165) is 5.56 Å². The highest BCUT2D eigenvalue weighted by atomic mass is 16.6. The molecule has 1 aliphatic heterocycles. The highest BCUT2D eigenvalue weighted by Gasteiger charge is 2.24. The standard InChI is InChI=1S/C13H16N2O4/c1-9-3-4-11(18-2)10(7-9)14-12(16)8-15-5-6-19-13(15)17/h3-4,7H,5-6,8H2,1-2H3,(H,14,16). The Morgan fingerprint density at radius 1 is 1.53 bits per heavy atom. The van der Waals surface area contributed by atoms with Crippen molar-refractivity contribution in [3.63, 3.8) is 0 Å². The number of rotatable bonds is 4. The molecule has 1 aromatic rings. The van der Waals surface area contributed by atoms with E-state index in [4.69, 9.17) is 9.47 Å². The van der Waals surface area contributed by atoms with Crippen molar-refractivity contribution in [1.82, 2.24) is 4.90 Å². The smallest absolute Gasteiger partial charge is 0.410 e. The van der Waals surface area contributed by atoms with Crippen molar-refractivity contribution in [2.45, 2.75) is 6.92 Å². The Kier molecular flexibility index (Phi) is 3.89. The molecule has 0 atom stereocenters. The van der Waals surface area contributed by atoms with Crippen LogP contribution in [0.25, 0.3) is 0 Å². The molecule has 1 aliphatic rings. The lowest BCUT2D eigenvalue weighted by atomic mass is 10.2. The number of anilines is 1. The lowest BCUT2D eigenvalue weighted by Gasteiger charge is -2.14. The van der Waals surface area contributed by atoms with Crippen LogP contribution in [0.4, 0.5) is 10.5 Å². The molecule has 1 aromatic carbocycles. The zero-order valence-electron chi connectivity index (χ0n) is 10.9. The number of ether oxygens (including phenoxy) is 2. The first kappa shape index (κ1) is 13.2. The summed E-state index contributed by atoms with van der Waals surface area (Å²) in [5.41, 5.74) is 1.61. The number of cyclic esters (lactones) is 1. The average molecular weight is 264 g/mol. The minimum Gasteiger partial charge on any atom is -0.495 e. The molecule has 2 rings (SSSR count). The second kappa shape index (κ2) is 5.60. The van der Waals surface area contributed by atoms with Crippen molar-refractivity contribution in [3.8, 4) is 5.75 Å². The second-order valence-electron chi connectivity index (χ2n) is 4.29. The fraction of sp³-hybridized carbons (Fsp3) is 0.385. The number of carbonyl (C=O) groups excluding carboxylic acids is 2. The van der Waals surface area contributed by atoms with Crippen LogP contribution in [-0.2, 0) is 9.53 Å². The summed E-state index contributed by atoms with van der Waals surface area (Å²) in [5, 5.41) is 2.74. The highest BCUT2D eigenvalue weighted by molar-refractivity contribution is 5.95. The Labute approximate surface area is 111 Å². The Morgan fingerprint density at radius 2 is 2.32 bits per heavy atom. The molecule has 0 bridgehead atoms. The summed E-state index contributed by atoms with van der Waals surface area (Å²) >= 11 is 0. The van der Waals surface area contributed by atoms with E-state index < -0.39 is 6.09 Å². The van der Waals surface area contributed by atoms with Gasteiger partial charge in [0.1, 0.15) is 18.9 Å². The lowest BCUT2D eigenvalue weighted by Crippen LogP contribution is -2.33. The van der Waals surface area contributed by atoms with Gasteiger partial charge in [-0.2, -0.15) is 0 Å². The fourth-order valence-electron chi connectivity index (χ4n) is 1.85. The van der Waals surface area contributed by atoms with Crippen molar-refractivity contribution < 1.29 is 19.1 Å². The third-order valence-electron chi connectivity index (χ3n) is 2.81. The Bertz CT molecular complexity index is 501. The Morgan fingerprint density at radius 3 is 2.95 bits per heavy atom. The predicted octanol–water partition coefficient (Wildman–Crippen LogP) is 1.39. The van der Waals surface area contributed by atoms with E-state index in [9.17, 15) is 9.59 Å². The molecule has 1 fully saturated rings. The molecule has 1 saturated heterocycles. The molecular weight excluding hydrogens is 248 g/mol. The van der Waals surface area contributed by atoms with Gasteiger partial charge in [-0.3, -0.25) is 9.69 Å². The SMILES string of the molecule is COc1ccc(C)cc1NC(=O)CN1CCOC1=O. The van der Waals surface area contributed by atoms with Crippen molar-refractivity contribution in [3.05, 3.63) is 23.8 Å². The first-order valence-electron chi connectivity index (χ1n) is 5.96. The molecule has 1 N–H and O–H groups in total. The van der Waals surface area contributed by atoms with Crippen molar-refractivity contribution in [2.75, 3.05) is 32.1 Å². The Balaban J connectivity index is 2.02. The molecule has 0 spiro atoms. The normalized spacial score (nSPS) is 14.2. The van der Waals surface area contributed by atoms with Crippen LogP contribution in [0.5, 0.6) is 5.75 Å². The maximum Gasteiger partial charge on any atom is 0.410 e. The molecule has 0 saturated carbocycles. The van der Waals surface area contributed by atoms with Gasteiger partial charge in [0.25, 0.3) is 0 Å². The average Bonchev–Trinajstić information content (AvgIpc) is 2.75. The molecule has 0 unspecified atom stereocenters. The number of benzene rings is 1. The van der Waals surface area contributed by atoms with E-state index in [1.165, 1.54) is 12.0 Å². The van der Waals surface area contributed by atoms with Crippen LogP contribution in [0.2, 0.25) is 0 Å². The largest absolute Gasteiger partial charge is 0.495 e. The molecular formula is C13H16N2O4. The molecule has 6 nitrogen and oxygen atoms in total. The summed E-state index contributed by atoms with van der Waals surface area (Å²) in [5.74, 6) is 0.311. The van der Waals surface area contributed by atoms with E-state index in [-0.39, 0.29) is 12.5 Å². The molecule has 0 radical (unpaired) electrons. The number of nitrogens with one attached hydrogen (secondary N) is 1. The van der Waals surface area contributed by atoms with Gasteiger partial charge in [-0.15, -0.1) is 0 Å². The number of methoxy groups -OCH3 is 1. The third-order valence-corrected chi connectivity index (χ3v) is 2.81.